The molecule has 0 radical (unpaired) electrons. The van der Waals surface area contributed by atoms with Crippen molar-refractivity contribution in [2.75, 3.05) is 31.6 Å². The van der Waals surface area contributed by atoms with E-state index in [9.17, 15) is 18.0 Å². The first kappa shape index (κ1) is 25.8. The molecule has 3 rings (SSSR count). The van der Waals surface area contributed by atoms with Crippen molar-refractivity contribution in [2.45, 2.75) is 45.4 Å². The largest absolute Gasteiger partial charge is 0.492 e. The van der Waals surface area contributed by atoms with E-state index in [2.05, 4.69) is 5.32 Å². The fraction of sp³-hybridized carbons (Fsp3) is 0.500. The molecule has 186 valence electrons. The highest BCUT2D eigenvalue weighted by molar-refractivity contribution is 7.89. The zero-order chi connectivity index (χ0) is 25.0. The number of carbonyl (C=O) groups excluding carboxylic acids is 2. The number of anilines is 1. The summed E-state index contributed by atoms with van der Waals surface area (Å²) in [4.78, 5) is 25.7. The average molecular weight is 492 g/mol. The molecule has 1 N–H and O–H groups in total. The maximum atomic E-state index is 13.7. The number of benzene rings is 1. The van der Waals surface area contributed by atoms with Crippen LogP contribution in [0.4, 0.5) is 5.69 Å². The molecule has 0 aliphatic carbocycles. The van der Waals surface area contributed by atoms with Crippen molar-refractivity contribution in [3.05, 3.63) is 41.2 Å². The Morgan fingerprint density at radius 3 is 2.50 bits per heavy atom. The normalized spacial score (nSPS) is 16.8. The Bertz CT molecular complexity index is 1170. The number of aromatic nitrogens is 1. The smallest absolute Gasteiger partial charge is 0.341 e. The van der Waals surface area contributed by atoms with Crippen LogP contribution in [-0.2, 0) is 26.6 Å². The molecule has 1 aliphatic rings. The van der Waals surface area contributed by atoms with E-state index in [0.29, 0.717) is 42.3 Å². The molecule has 1 unspecified atom stereocenters. The van der Waals surface area contributed by atoms with Gasteiger partial charge in [-0.25, -0.2) is 13.2 Å². The minimum Gasteiger partial charge on any atom is -0.492 e. The first-order valence-electron chi connectivity index (χ1n) is 11.5. The Kier molecular flexibility index (Phi) is 8.04. The van der Waals surface area contributed by atoms with Crippen LogP contribution in [-0.4, -0.2) is 55.5 Å². The van der Waals surface area contributed by atoms with Gasteiger partial charge in [0.05, 0.1) is 24.8 Å². The number of nitrogens with zero attached hydrogens (tertiary/aromatic N) is 2. The van der Waals surface area contributed by atoms with Gasteiger partial charge in [-0.3, -0.25) is 4.79 Å². The van der Waals surface area contributed by atoms with E-state index in [0.717, 1.165) is 0 Å². The van der Waals surface area contributed by atoms with Gasteiger partial charge in [0, 0.05) is 31.5 Å². The highest BCUT2D eigenvalue weighted by Gasteiger charge is 2.39. The van der Waals surface area contributed by atoms with E-state index in [1.807, 2.05) is 13.0 Å². The molecule has 10 heteroatoms. The number of amides is 1. The molecule has 1 aromatic heterocycles. The molecule has 9 nitrogen and oxygen atoms in total. The number of nitrogens with one attached hydrogen (secondary N) is 1. The number of hydrogen-bond acceptors (Lipinski definition) is 6. The van der Waals surface area contributed by atoms with Crippen molar-refractivity contribution >= 4 is 27.6 Å². The van der Waals surface area contributed by atoms with Crippen molar-refractivity contribution in [3.8, 4) is 5.75 Å². The zero-order valence-corrected chi connectivity index (χ0v) is 21.2. The van der Waals surface area contributed by atoms with Gasteiger partial charge in [-0.15, -0.1) is 0 Å². The van der Waals surface area contributed by atoms with Crippen LogP contribution in [0.2, 0.25) is 0 Å². The molecular formula is C24H33N3O6S. The highest BCUT2D eigenvalue weighted by Crippen LogP contribution is 2.33. The van der Waals surface area contributed by atoms with Crippen LogP contribution < -0.4 is 10.1 Å². The van der Waals surface area contributed by atoms with Crippen LogP contribution in [0.5, 0.6) is 5.75 Å². The average Bonchev–Trinajstić information content (AvgIpc) is 3.05. The summed E-state index contributed by atoms with van der Waals surface area (Å²) >= 11 is 0. The highest BCUT2D eigenvalue weighted by atomic mass is 32.2. The molecular weight excluding hydrogens is 458 g/mol. The third-order valence-electron chi connectivity index (χ3n) is 6.20. The van der Waals surface area contributed by atoms with Crippen LogP contribution in [0.1, 0.15) is 48.4 Å². The fourth-order valence-electron chi connectivity index (χ4n) is 4.27. The summed E-state index contributed by atoms with van der Waals surface area (Å²) in [6.07, 6.45) is 1.09. The summed E-state index contributed by atoms with van der Waals surface area (Å²) in [6.45, 7) is 7.80. The summed E-state index contributed by atoms with van der Waals surface area (Å²) in [6, 6.07) is 7.14. The third-order valence-corrected chi connectivity index (χ3v) is 8.23. The molecule has 2 heterocycles. The van der Waals surface area contributed by atoms with Crippen molar-refractivity contribution in [3.63, 3.8) is 0 Å². The predicted molar refractivity (Wildman–Crippen MR) is 129 cm³/mol. The second-order valence-corrected chi connectivity index (χ2v) is 10.1. The van der Waals surface area contributed by atoms with Gasteiger partial charge in [0.2, 0.25) is 15.9 Å². The molecule has 34 heavy (non-hydrogen) atoms. The Labute approximate surface area is 201 Å². The third kappa shape index (κ3) is 4.97. The van der Waals surface area contributed by atoms with Gasteiger partial charge in [-0.1, -0.05) is 12.1 Å². The Balaban J connectivity index is 1.87. The van der Waals surface area contributed by atoms with Gasteiger partial charge in [-0.05, 0) is 52.7 Å². The van der Waals surface area contributed by atoms with Crippen LogP contribution >= 0.6 is 0 Å². The molecule has 1 atom stereocenters. The van der Waals surface area contributed by atoms with E-state index < -0.39 is 21.9 Å². The summed E-state index contributed by atoms with van der Waals surface area (Å²) in [7, 11) is -2.32. The number of para-hydroxylation sites is 2. The maximum Gasteiger partial charge on any atom is 0.341 e. The monoisotopic (exact) mass is 491 g/mol. The van der Waals surface area contributed by atoms with Crippen molar-refractivity contribution in [1.82, 2.24) is 8.87 Å². The Morgan fingerprint density at radius 2 is 1.82 bits per heavy atom. The van der Waals surface area contributed by atoms with Gasteiger partial charge in [0.25, 0.3) is 0 Å². The van der Waals surface area contributed by atoms with Crippen LogP contribution in [0, 0.1) is 19.8 Å². The standard InChI is InChI=1S/C24H33N3O6S/c1-6-32-20-13-9-8-12-19(20)25-23(28)18-11-10-14-27(15-18)34(30,31)22-17(4)26(5)16(3)21(22)24(29)33-7-2/h8-9,12-13,18H,6-7,10-11,14-15H2,1-5H3,(H,25,28). The second-order valence-electron chi connectivity index (χ2n) is 8.28. The molecule has 0 saturated carbocycles. The molecule has 1 amide bonds. The maximum absolute atomic E-state index is 13.7. The number of piperidine rings is 1. The number of ether oxygens (including phenoxy) is 2. The van der Waals surface area contributed by atoms with Crippen molar-refractivity contribution in [2.24, 2.45) is 13.0 Å². The quantitative estimate of drug-likeness (QED) is 0.568. The van der Waals surface area contributed by atoms with Crippen LogP contribution in [0.15, 0.2) is 29.2 Å². The zero-order valence-electron chi connectivity index (χ0n) is 20.4. The molecule has 0 bridgehead atoms. The molecule has 1 aliphatic heterocycles. The lowest BCUT2D eigenvalue weighted by molar-refractivity contribution is -0.120. The molecule has 2 aromatic rings. The van der Waals surface area contributed by atoms with E-state index in [1.165, 1.54) is 4.31 Å². The fourth-order valence-corrected chi connectivity index (χ4v) is 6.27. The number of sulfonamides is 1. The summed E-state index contributed by atoms with van der Waals surface area (Å²) in [5.41, 5.74) is 1.58. The van der Waals surface area contributed by atoms with E-state index >= 15 is 0 Å². The SMILES string of the molecule is CCOC(=O)c1c(S(=O)(=O)N2CCCC(C(=O)Nc3ccccc3OCC)C2)c(C)n(C)c1C. The lowest BCUT2D eigenvalue weighted by atomic mass is 9.98. The summed E-state index contributed by atoms with van der Waals surface area (Å²) < 4.78 is 41.1. The van der Waals surface area contributed by atoms with Crippen molar-refractivity contribution in [1.29, 1.82) is 0 Å². The minimum atomic E-state index is -4.04. The van der Waals surface area contributed by atoms with E-state index in [4.69, 9.17) is 9.47 Å². The van der Waals surface area contributed by atoms with Crippen LogP contribution in [0.3, 0.4) is 0 Å². The Morgan fingerprint density at radius 1 is 1.12 bits per heavy atom. The van der Waals surface area contributed by atoms with Gasteiger partial charge in [-0.2, -0.15) is 4.31 Å². The lowest BCUT2D eigenvalue weighted by Gasteiger charge is -2.31. The molecule has 1 fully saturated rings. The number of rotatable bonds is 8. The van der Waals surface area contributed by atoms with Gasteiger partial charge in [0.1, 0.15) is 16.2 Å². The summed E-state index contributed by atoms with van der Waals surface area (Å²) in [5, 5.41) is 2.88. The number of carbonyl (C=O) groups is 2. The second kappa shape index (κ2) is 10.6. The van der Waals surface area contributed by atoms with Crippen molar-refractivity contribution < 1.29 is 27.5 Å². The predicted octanol–water partition coefficient (Wildman–Crippen LogP) is 3.26. The number of hydrogen-bond donors (Lipinski definition) is 1. The van der Waals surface area contributed by atoms with E-state index in [1.54, 1.807) is 50.6 Å². The number of esters is 1. The van der Waals surface area contributed by atoms with Gasteiger partial charge >= 0.3 is 5.97 Å². The topological polar surface area (TPSA) is 107 Å². The van der Waals surface area contributed by atoms with Gasteiger partial charge in [0.15, 0.2) is 0 Å². The molecule has 0 spiro atoms. The lowest BCUT2D eigenvalue weighted by Crippen LogP contribution is -2.44. The van der Waals surface area contributed by atoms with Gasteiger partial charge < -0.3 is 19.4 Å². The summed E-state index contributed by atoms with van der Waals surface area (Å²) in [5.74, 6) is -0.901. The first-order chi connectivity index (χ1) is 16.1. The van der Waals surface area contributed by atoms with E-state index in [-0.39, 0.29) is 36.1 Å². The first-order valence-corrected chi connectivity index (χ1v) is 12.9. The Hall–Kier alpha value is -2.85. The molecule has 1 saturated heterocycles. The van der Waals surface area contributed by atoms with Crippen LogP contribution in [0.25, 0.3) is 0 Å². The molecule has 1 aromatic carbocycles. The minimum absolute atomic E-state index is 0.0284.